The van der Waals surface area contributed by atoms with Gasteiger partial charge in [0.2, 0.25) is 0 Å². The normalized spacial score (nSPS) is 15.6. The molecule has 0 spiro atoms. The van der Waals surface area contributed by atoms with Gasteiger partial charge in [-0.05, 0) is 30.5 Å². The van der Waals surface area contributed by atoms with Crippen molar-refractivity contribution < 1.29 is 9.53 Å². The molecule has 1 atom stereocenters. The highest BCUT2D eigenvalue weighted by Gasteiger charge is 2.22. The van der Waals surface area contributed by atoms with Crippen LogP contribution in [0.1, 0.15) is 34.0 Å². The van der Waals surface area contributed by atoms with Crippen LogP contribution >= 0.6 is 24.0 Å². The van der Waals surface area contributed by atoms with E-state index in [1.54, 1.807) is 33.2 Å². The van der Waals surface area contributed by atoms with E-state index in [9.17, 15) is 4.79 Å². The van der Waals surface area contributed by atoms with Gasteiger partial charge in [-0.25, -0.2) is 9.67 Å². The third kappa shape index (κ3) is 6.89. The summed E-state index contributed by atoms with van der Waals surface area (Å²) in [5, 5.41) is 11.4. The van der Waals surface area contributed by atoms with Gasteiger partial charge < -0.3 is 20.3 Å². The molecule has 0 saturated carbocycles. The molecule has 10 heteroatoms. The first-order valence-corrected chi connectivity index (χ1v) is 10.2. The summed E-state index contributed by atoms with van der Waals surface area (Å²) in [5.41, 5.74) is 1.82. The number of aryl methyl sites for hydroxylation is 1. The standard InChI is InChI=1S/C21H31N7O2.HI/c1-22-21(23-11-10-15-6-5-7-16(12-15)20(29)27(2)3)24-17-8-9-19-25-18(14-30-4)26-28(19)13-17;/h5-7,12,17H,8-11,13-14H2,1-4H3,(H2,22,23,24);1H. The van der Waals surface area contributed by atoms with E-state index in [1.165, 1.54) is 0 Å². The molecule has 31 heavy (non-hydrogen) atoms. The molecule has 2 N–H and O–H groups in total. The highest BCUT2D eigenvalue weighted by molar-refractivity contribution is 14.0. The van der Waals surface area contributed by atoms with Crippen molar-refractivity contribution in [2.45, 2.75) is 38.5 Å². The van der Waals surface area contributed by atoms with Crippen LogP contribution in [-0.4, -0.2) is 72.4 Å². The highest BCUT2D eigenvalue weighted by atomic mass is 127. The number of guanidine groups is 1. The predicted molar refractivity (Wildman–Crippen MR) is 131 cm³/mol. The maximum absolute atomic E-state index is 12.1. The number of hydrogen-bond acceptors (Lipinski definition) is 5. The summed E-state index contributed by atoms with van der Waals surface area (Å²) >= 11 is 0. The number of aromatic nitrogens is 3. The van der Waals surface area contributed by atoms with Gasteiger partial charge in [0.05, 0.1) is 6.54 Å². The number of hydrogen-bond donors (Lipinski definition) is 2. The van der Waals surface area contributed by atoms with Crippen LogP contribution in [0.15, 0.2) is 29.3 Å². The summed E-state index contributed by atoms with van der Waals surface area (Å²) in [6, 6.07) is 8.00. The van der Waals surface area contributed by atoms with E-state index >= 15 is 0 Å². The number of fused-ring (bicyclic) bond motifs is 1. The first-order valence-electron chi connectivity index (χ1n) is 10.2. The van der Waals surface area contributed by atoms with Crippen molar-refractivity contribution in [1.29, 1.82) is 0 Å². The van der Waals surface area contributed by atoms with Crippen LogP contribution in [-0.2, 0) is 30.7 Å². The second-order valence-corrected chi connectivity index (χ2v) is 7.59. The van der Waals surface area contributed by atoms with Crippen molar-refractivity contribution in [2.24, 2.45) is 4.99 Å². The molecule has 2 aromatic rings. The Labute approximate surface area is 200 Å². The van der Waals surface area contributed by atoms with Gasteiger partial charge in [0, 0.05) is 52.8 Å². The van der Waals surface area contributed by atoms with Crippen molar-refractivity contribution in [3.63, 3.8) is 0 Å². The SMILES string of the molecule is CN=C(NCCc1cccc(C(=O)N(C)C)c1)NC1CCc2nc(COC)nn2C1.I. The van der Waals surface area contributed by atoms with E-state index in [2.05, 4.69) is 25.7 Å². The fraction of sp³-hybridized carbons (Fsp3) is 0.524. The molecule has 1 aromatic carbocycles. The number of rotatable bonds is 7. The maximum atomic E-state index is 12.1. The average Bonchev–Trinajstić information content (AvgIpc) is 3.14. The number of aliphatic imine (C=N–C) groups is 1. The van der Waals surface area contributed by atoms with Crippen LogP contribution in [0.5, 0.6) is 0 Å². The van der Waals surface area contributed by atoms with Crippen LogP contribution in [0.3, 0.4) is 0 Å². The van der Waals surface area contributed by atoms with Crippen molar-refractivity contribution in [1.82, 2.24) is 30.3 Å². The number of nitrogens with one attached hydrogen (secondary N) is 2. The number of nitrogens with zero attached hydrogens (tertiary/aromatic N) is 5. The number of carbonyl (C=O) groups excluding carboxylic acids is 1. The molecule has 0 bridgehead atoms. The van der Waals surface area contributed by atoms with E-state index in [0.29, 0.717) is 12.2 Å². The Hall–Kier alpha value is -2.21. The van der Waals surface area contributed by atoms with Crippen molar-refractivity contribution >= 4 is 35.8 Å². The summed E-state index contributed by atoms with van der Waals surface area (Å²) in [6.07, 6.45) is 2.64. The Morgan fingerprint density at radius 3 is 2.90 bits per heavy atom. The Morgan fingerprint density at radius 1 is 1.39 bits per heavy atom. The monoisotopic (exact) mass is 541 g/mol. The van der Waals surface area contributed by atoms with Gasteiger partial charge >= 0.3 is 0 Å². The number of halogens is 1. The molecular formula is C21H32IN7O2. The van der Waals surface area contributed by atoms with E-state index < -0.39 is 0 Å². The number of methoxy groups -OCH3 is 1. The van der Waals surface area contributed by atoms with Gasteiger partial charge in [0.25, 0.3) is 5.91 Å². The van der Waals surface area contributed by atoms with Crippen LogP contribution in [0, 0.1) is 0 Å². The minimum absolute atomic E-state index is 0. The van der Waals surface area contributed by atoms with Gasteiger partial charge in [-0.15, -0.1) is 24.0 Å². The molecule has 1 amide bonds. The molecule has 1 unspecified atom stereocenters. The summed E-state index contributed by atoms with van der Waals surface area (Å²) in [5.74, 6) is 2.52. The van der Waals surface area contributed by atoms with Gasteiger partial charge in [-0.1, -0.05) is 12.1 Å². The van der Waals surface area contributed by atoms with Gasteiger partial charge in [-0.2, -0.15) is 5.10 Å². The Balaban J connectivity index is 0.00000341. The quantitative estimate of drug-likeness (QED) is 0.313. The Kier molecular flexibility index (Phi) is 9.69. The number of amides is 1. The second kappa shape index (κ2) is 12.0. The van der Waals surface area contributed by atoms with Gasteiger partial charge in [0.1, 0.15) is 12.4 Å². The molecule has 3 rings (SSSR count). The topological polar surface area (TPSA) is 96.7 Å². The van der Waals surface area contributed by atoms with Crippen molar-refractivity contribution in [2.75, 3.05) is 34.8 Å². The van der Waals surface area contributed by atoms with E-state index in [0.717, 1.165) is 55.5 Å². The lowest BCUT2D eigenvalue weighted by Gasteiger charge is -2.25. The summed E-state index contributed by atoms with van der Waals surface area (Å²) in [7, 11) is 6.94. The molecule has 0 aliphatic carbocycles. The molecule has 1 aromatic heterocycles. The van der Waals surface area contributed by atoms with E-state index in [-0.39, 0.29) is 35.9 Å². The molecule has 0 fully saturated rings. The third-order valence-electron chi connectivity index (χ3n) is 5.03. The predicted octanol–water partition coefficient (Wildman–Crippen LogP) is 1.47. The zero-order valence-electron chi connectivity index (χ0n) is 18.6. The van der Waals surface area contributed by atoms with Gasteiger partial charge in [0.15, 0.2) is 11.8 Å². The lowest BCUT2D eigenvalue weighted by atomic mass is 10.1. The average molecular weight is 541 g/mol. The summed E-state index contributed by atoms with van der Waals surface area (Å²) < 4.78 is 7.08. The number of carbonyl (C=O) groups is 1. The zero-order chi connectivity index (χ0) is 21.5. The smallest absolute Gasteiger partial charge is 0.253 e. The van der Waals surface area contributed by atoms with Crippen LogP contribution in [0.2, 0.25) is 0 Å². The second-order valence-electron chi connectivity index (χ2n) is 7.59. The maximum Gasteiger partial charge on any atom is 0.253 e. The highest BCUT2D eigenvalue weighted by Crippen LogP contribution is 2.13. The first-order chi connectivity index (χ1) is 14.5. The molecule has 1 aliphatic rings. The minimum atomic E-state index is 0. The lowest BCUT2D eigenvalue weighted by Crippen LogP contribution is -2.47. The molecule has 2 heterocycles. The van der Waals surface area contributed by atoms with E-state index in [1.807, 2.05) is 28.9 Å². The van der Waals surface area contributed by atoms with Crippen LogP contribution in [0.25, 0.3) is 0 Å². The molecule has 9 nitrogen and oxygen atoms in total. The van der Waals surface area contributed by atoms with Gasteiger partial charge in [-0.3, -0.25) is 9.79 Å². The molecule has 170 valence electrons. The molecular weight excluding hydrogens is 509 g/mol. The first kappa shape index (κ1) is 25.1. The Morgan fingerprint density at radius 2 is 2.19 bits per heavy atom. The lowest BCUT2D eigenvalue weighted by molar-refractivity contribution is 0.0827. The van der Waals surface area contributed by atoms with E-state index in [4.69, 9.17) is 4.74 Å². The fourth-order valence-electron chi connectivity index (χ4n) is 3.50. The fourth-order valence-corrected chi connectivity index (χ4v) is 3.50. The number of benzene rings is 1. The third-order valence-corrected chi connectivity index (χ3v) is 5.03. The Bertz CT molecular complexity index is 898. The molecule has 0 radical (unpaired) electrons. The summed E-state index contributed by atoms with van der Waals surface area (Å²) in [6.45, 7) is 1.91. The summed E-state index contributed by atoms with van der Waals surface area (Å²) in [4.78, 5) is 22.6. The largest absolute Gasteiger partial charge is 0.377 e. The zero-order valence-corrected chi connectivity index (χ0v) is 20.9. The van der Waals surface area contributed by atoms with Crippen LogP contribution in [0.4, 0.5) is 0 Å². The van der Waals surface area contributed by atoms with Crippen molar-refractivity contribution in [3.8, 4) is 0 Å². The minimum Gasteiger partial charge on any atom is -0.377 e. The number of ether oxygens (including phenoxy) is 1. The molecule has 0 saturated heterocycles. The van der Waals surface area contributed by atoms with Crippen LogP contribution < -0.4 is 10.6 Å². The van der Waals surface area contributed by atoms with Crippen molar-refractivity contribution in [3.05, 3.63) is 47.0 Å². The molecule has 1 aliphatic heterocycles.